The van der Waals surface area contributed by atoms with Crippen LogP contribution in [0.5, 0.6) is 0 Å². The second-order valence-electron chi connectivity index (χ2n) is 10.8. The van der Waals surface area contributed by atoms with E-state index in [1.165, 1.54) is 4.88 Å². The number of thiazole rings is 1. The van der Waals surface area contributed by atoms with Crippen molar-refractivity contribution in [2.24, 2.45) is 10.4 Å². The van der Waals surface area contributed by atoms with Gasteiger partial charge in [-0.3, -0.25) is 4.79 Å². The molecular weight excluding hydrogens is 474 g/mol. The van der Waals surface area contributed by atoms with Gasteiger partial charge >= 0.3 is 0 Å². The van der Waals surface area contributed by atoms with E-state index in [1.807, 2.05) is 24.3 Å². The summed E-state index contributed by atoms with van der Waals surface area (Å²) < 4.78 is 0. The lowest BCUT2D eigenvalue weighted by Gasteiger charge is -2.36. The van der Waals surface area contributed by atoms with Crippen LogP contribution in [0.1, 0.15) is 65.6 Å². The van der Waals surface area contributed by atoms with Crippen LogP contribution in [-0.2, 0) is 15.4 Å². The van der Waals surface area contributed by atoms with Gasteiger partial charge in [-0.1, -0.05) is 58.9 Å². The quantitative estimate of drug-likeness (QED) is 0.532. The number of hydroxylamine groups is 1. The summed E-state index contributed by atoms with van der Waals surface area (Å²) in [6, 6.07) is 8.16. The number of nitrogens with zero attached hydrogens (tertiary/aromatic N) is 3. The number of carbonyl (C=O) groups excluding carboxylic acids is 1. The van der Waals surface area contributed by atoms with Gasteiger partial charge in [-0.2, -0.15) is 0 Å². The zero-order chi connectivity index (χ0) is 26.7. The lowest BCUT2D eigenvalue weighted by atomic mass is 9.85. The maximum atomic E-state index is 13.6. The average Bonchev–Trinajstić information content (AvgIpc) is 3.58. The molecule has 0 saturated carbocycles. The molecular formula is C27H41N5O3S. The van der Waals surface area contributed by atoms with E-state index in [0.29, 0.717) is 0 Å². The Morgan fingerprint density at radius 2 is 1.94 bits per heavy atom. The molecule has 1 aromatic heterocycles. The van der Waals surface area contributed by atoms with Crippen LogP contribution < -0.4 is 10.8 Å². The largest absolute Gasteiger partial charge is 0.400 e. The van der Waals surface area contributed by atoms with Crippen molar-refractivity contribution >= 4 is 23.1 Å². The predicted molar refractivity (Wildman–Crippen MR) is 146 cm³/mol. The highest BCUT2D eigenvalue weighted by molar-refractivity contribution is 7.13. The minimum Gasteiger partial charge on any atom is -0.400 e. The van der Waals surface area contributed by atoms with Gasteiger partial charge in [0.05, 0.1) is 28.2 Å². The molecule has 198 valence electrons. The molecule has 0 spiro atoms. The smallest absolute Gasteiger partial charge is 0.240 e. The van der Waals surface area contributed by atoms with Gasteiger partial charge in [0.2, 0.25) is 11.6 Å². The lowest BCUT2D eigenvalue weighted by molar-refractivity contribution is -0.136. The van der Waals surface area contributed by atoms with Crippen LogP contribution in [0.25, 0.3) is 10.4 Å². The van der Waals surface area contributed by atoms with Gasteiger partial charge in [0.25, 0.3) is 0 Å². The number of likely N-dealkylation sites (tertiary alicyclic amines) is 1. The number of hydrogen-bond acceptors (Lipinski definition) is 8. The van der Waals surface area contributed by atoms with E-state index in [2.05, 4.69) is 74.7 Å². The first-order valence-electron chi connectivity index (χ1n) is 12.6. The molecule has 3 heterocycles. The molecule has 36 heavy (non-hydrogen) atoms. The molecule has 0 aliphatic carbocycles. The molecule has 4 rings (SSSR count). The monoisotopic (exact) mass is 515 g/mol. The van der Waals surface area contributed by atoms with Gasteiger partial charge < -0.3 is 15.3 Å². The highest BCUT2D eigenvalue weighted by Crippen LogP contribution is 2.35. The summed E-state index contributed by atoms with van der Waals surface area (Å²) in [5.41, 5.74) is 7.05. The number of aliphatic hydroxyl groups is 1. The molecule has 1 saturated heterocycles. The van der Waals surface area contributed by atoms with Crippen LogP contribution >= 0.6 is 11.3 Å². The van der Waals surface area contributed by atoms with Gasteiger partial charge in [-0.15, -0.1) is 11.3 Å². The Morgan fingerprint density at radius 1 is 1.28 bits per heavy atom. The molecule has 1 fully saturated rings. The molecule has 0 bridgehead atoms. The minimum absolute atomic E-state index is 0.104. The Bertz CT molecular complexity index is 1060. The highest BCUT2D eigenvalue weighted by Gasteiger charge is 2.44. The van der Waals surface area contributed by atoms with E-state index < -0.39 is 5.72 Å². The molecule has 1 amide bonds. The number of benzene rings is 1. The SMILES string of the molecule is CO.Cc1ncsc1-c1ccc(C2(C)N=C(C3CCCN3C(=O)C(NC(C)C)C(C)(C)C)NO2)cc1. The van der Waals surface area contributed by atoms with Crippen molar-refractivity contribution < 1.29 is 14.7 Å². The van der Waals surface area contributed by atoms with Gasteiger partial charge in [-0.25, -0.2) is 20.3 Å². The summed E-state index contributed by atoms with van der Waals surface area (Å²) in [4.78, 5) is 32.1. The maximum Gasteiger partial charge on any atom is 0.240 e. The molecule has 8 nitrogen and oxygen atoms in total. The molecule has 2 aliphatic rings. The molecule has 3 atom stereocenters. The second-order valence-corrected chi connectivity index (χ2v) is 11.7. The number of aromatic nitrogens is 1. The van der Waals surface area contributed by atoms with Crippen molar-refractivity contribution in [1.82, 2.24) is 20.7 Å². The Balaban J connectivity index is 0.00000176. The second kappa shape index (κ2) is 11.4. The fourth-order valence-electron chi connectivity index (χ4n) is 4.71. The molecule has 3 N–H and O–H groups in total. The van der Waals surface area contributed by atoms with E-state index in [4.69, 9.17) is 14.9 Å². The molecule has 3 unspecified atom stereocenters. The Labute approximate surface area is 219 Å². The van der Waals surface area contributed by atoms with Crippen molar-refractivity contribution in [3.05, 3.63) is 41.0 Å². The van der Waals surface area contributed by atoms with E-state index in [0.717, 1.165) is 49.2 Å². The Morgan fingerprint density at radius 3 is 2.50 bits per heavy atom. The van der Waals surface area contributed by atoms with Crippen LogP contribution in [0.3, 0.4) is 0 Å². The average molecular weight is 516 g/mol. The van der Waals surface area contributed by atoms with E-state index in [-0.39, 0.29) is 29.4 Å². The zero-order valence-electron chi connectivity index (χ0n) is 22.8. The first-order chi connectivity index (χ1) is 17.0. The number of carbonyl (C=O) groups is 1. The van der Waals surface area contributed by atoms with Crippen LogP contribution in [0.2, 0.25) is 0 Å². The normalized spacial score (nSPS) is 22.7. The minimum atomic E-state index is -0.840. The number of rotatable bonds is 6. The van der Waals surface area contributed by atoms with Gasteiger partial charge in [-0.05, 0) is 37.7 Å². The van der Waals surface area contributed by atoms with Gasteiger partial charge in [0, 0.05) is 25.3 Å². The fourth-order valence-corrected chi connectivity index (χ4v) is 5.52. The summed E-state index contributed by atoms with van der Waals surface area (Å²) in [5.74, 6) is 0.860. The van der Waals surface area contributed by atoms with Gasteiger partial charge in [0.1, 0.15) is 5.84 Å². The Kier molecular flexibility index (Phi) is 8.93. The van der Waals surface area contributed by atoms with Crippen LogP contribution in [0, 0.1) is 12.3 Å². The molecule has 2 aliphatic heterocycles. The number of aliphatic hydroxyl groups excluding tert-OH is 1. The van der Waals surface area contributed by atoms with Crippen molar-refractivity contribution in [3.8, 4) is 10.4 Å². The van der Waals surface area contributed by atoms with Gasteiger partial charge in [0.15, 0.2) is 0 Å². The summed E-state index contributed by atoms with van der Waals surface area (Å²) in [5, 5.41) is 10.5. The fraction of sp³-hybridized carbons (Fsp3) is 0.593. The third-order valence-corrected chi connectivity index (χ3v) is 7.56. The number of hydrogen-bond donors (Lipinski definition) is 3. The number of amidine groups is 1. The Hall–Kier alpha value is -2.33. The highest BCUT2D eigenvalue weighted by atomic mass is 32.1. The standard InChI is InChI=1S/C26H37N5O2S.CH4O/c1-16(2)28-22(25(4,5)6)24(32)31-14-8-9-20(31)23-29-26(7,33-30-23)19-12-10-18(11-13-19)21-17(3)27-15-34-21;1-2/h10-13,15-16,20,22,28H,8-9,14H2,1-7H3,(H,29,30);2H,1H3. The third kappa shape index (κ3) is 5.96. The summed E-state index contributed by atoms with van der Waals surface area (Å²) in [6.07, 6.45) is 1.83. The summed E-state index contributed by atoms with van der Waals surface area (Å²) >= 11 is 1.64. The summed E-state index contributed by atoms with van der Waals surface area (Å²) in [6.45, 7) is 15.2. The zero-order valence-corrected chi connectivity index (χ0v) is 23.6. The van der Waals surface area contributed by atoms with Crippen molar-refractivity contribution in [1.29, 1.82) is 0 Å². The molecule has 1 aromatic carbocycles. The van der Waals surface area contributed by atoms with E-state index in [9.17, 15) is 4.79 Å². The molecule has 2 aromatic rings. The lowest BCUT2D eigenvalue weighted by Crippen LogP contribution is -2.57. The van der Waals surface area contributed by atoms with Crippen LogP contribution in [0.4, 0.5) is 0 Å². The van der Waals surface area contributed by atoms with Crippen LogP contribution in [0.15, 0.2) is 34.8 Å². The number of aryl methyl sites for hydroxylation is 1. The summed E-state index contributed by atoms with van der Waals surface area (Å²) in [7, 11) is 1.00. The molecule has 0 radical (unpaired) electrons. The third-order valence-electron chi connectivity index (χ3n) is 6.58. The molecule has 9 heteroatoms. The maximum absolute atomic E-state index is 13.6. The first-order valence-corrected chi connectivity index (χ1v) is 13.4. The van der Waals surface area contributed by atoms with Crippen molar-refractivity contribution in [2.45, 2.75) is 85.2 Å². The van der Waals surface area contributed by atoms with Crippen LogP contribution in [-0.4, -0.2) is 58.5 Å². The van der Waals surface area contributed by atoms with Crippen molar-refractivity contribution in [2.75, 3.05) is 13.7 Å². The van der Waals surface area contributed by atoms with E-state index >= 15 is 0 Å². The number of nitrogens with one attached hydrogen (secondary N) is 2. The number of aliphatic imine (C=N–C) groups is 1. The topological polar surface area (TPSA) is 99.1 Å². The van der Waals surface area contributed by atoms with E-state index in [1.54, 1.807) is 11.3 Å². The van der Waals surface area contributed by atoms with Crippen molar-refractivity contribution in [3.63, 3.8) is 0 Å². The predicted octanol–water partition coefficient (Wildman–Crippen LogP) is 4.24. The number of amides is 1. The first kappa shape index (κ1) is 28.2.